The topological polar surface area (TPSA) is 104 Å². The van der Waals surface area contributed by atoms with Crippen LogP contribution in [0.25, 0.3) is 0 Å². The van der Waals surface area contributed by atoms with Gasteiger partial charge in [-0.15, -0.1) is 0 Å². The number of carboxylic acid groups (broad SMARTS) is 1. The minimum atomic E-state index is -3.77. The lowest BCUT2D eigenvalue weighted by atomic mass is 10.0. The molecular formula is C14H21NO5S. The molecule has 0 aliphatic heterocycles. The molecule has 21 heavy (non-hydrogen) atoms. The van der Waals surface area contributed by atoms with E-state index in [-0.39, 0.29) is 35.1 Å². The smallest absolute Gasteiger partial charge is 0.335 e. The zero-order valence-corrected chi connectivity index (χ0v) is 13.0. The molecule has 1 atom stereocenters. The van der Waals surface area contributed by atoms with Crippen LogP contribution < -0.4 is 4.72 Å². The highest BCUT2D eigenvalue weighted by Crippen LogP contribution is 2.19. The number of aliphatic hydroxyl groups excluding tert-OH is 1. The van der Waals surface area contributed by atoms with Gasteiger partial charge in [0.2, 0.25) is 10.0 Å². The highest BCUT2D eigenvalue weighted by molar-refractivity contribution is 7.89. The van der Waals surface area contributed by atoms with Gasteiger partial charge < -0.3 is 10.2 Å². The zero-order valence-electron chi connectivity index (χ0n) is 12.2. The Morgan fingerprint density at radius 3 is 2.57 bits per heavy atom. The van der Waals surface area contributed by atoms with Gasteiger partial charge in [-0.2, -0.15) is 0 Å². The van der Waals surface area contributed by atoms with Crippen LogP contribution in [-0.4, -0.2) is 37.8 Å². The van der Waals surface area contributed by atoms with Crippen LogP contribution in [0.1, 0.15) is 35.7 Å². The standard InChI is InChI=1S/C14H21NO5S/c1-3-11(7-8-16)9-15-21(19,20)13-6-4-5-12(10(13)2)14(17)18/h4-6,11,15-16H,3,7-9H2,1-2H3,(H,17,18). The summed E-state index contributed by atoms with van der Waals surface area (Å²) < 4.78 is 27.1. The van der Waals surface area contributed by atoms with Crippen LogP contribution in [0.4, 0.5) is 0 Å². The SMILES string of the molecule is CCC(CCO)CNS(=O)(=O)c1cccc(C(=O)O)c1C. The molecule has 7 heteroatoms. The fourth-order valence-corrected chi connectivity index (χ4v) is 3.46. The molecule has 0 bridgehead atoms. The Balaban J connectivity index is 2.98. The third-order valence-electron chi connectivity index (χ3n) is 3.48. The van der Waals surface area contributed by atoms with Gasteiger partial charge in [0.15, 0.2) is 0 Å². The predicted molar refractivity (Wildman–Crippen MR) is 78.8 cm³/mol. The van der Waals surface area contributed by atoms with E-state index in [9.17, 15) is 13.2 Å². The lowest BCUT2D eigenvalue weighted by Crippen LogP contribution is -2.30. The van der Waals surface area contributed by atoms with Gasteiger partial charge in [-0.1, -0.05) is 19.4 Å². The molecule has 1 aromatic carbocycles. The van der Waals surface area contributed by atoms with Gasteiger partial charge >= 0.3 is 5.97 Å². The number of aliphatic hydroxyl groups is 1. The number of rotatable bonds is 8. The number of carboxylic acids is 1. The predicted octanol–water partition coefficient (Wildman–Crippen LogP) is 1.38. The molecule has 0 aliphatic rings. The zero-order chi connectivity index (χ0) is 16.0. The number of carbonyl (C=O) groups is 1. The van der Waals surface area contributed by atoms with Crippen molar-refractivity contribution in [2.45, 2.75) is 31.6 Å². The van der Waals surface area contributed by atoms with Crippen molar-refractivity contribution in [2.24, 2.45) is 5.92 Å². The van der Waals surface area contributed by atoms with Crippen molar-refractivity contribution >= 4 is 16.0 Å². The second kappa shape index (κ2) is 7.53. The molecule has 0 spiro atoms. The average Bonchev–Trinajstić information content (AvgIpc) is 2.43. The van der Waals surface area contributed by atoms with Crippen LogP contribution in [-0.2, 0) is 10.0 Å². The largest absolute Gasteiger partial charge is 0.478 e. The Morgan fingerprint density at radius 2 is 2.05 bits per heavy atom. The van der Waals surface area contributed by atoms with Crippen LogP contribution in [0.15, 0.2) is 23.1 Å². The van der Waals surface area contributed by atoms with Gasteiger partial charge in [0.25, 0.3) is 0 Å². The van der Waals surface area contributed by atoms with Gasteiger partial charge in [-0.05, 0) is 37.0 Å². The highest BCUT2D eigenvalue weighted by atomic mass is 32.2. The lowest BCUT2D eigenvalue weighted by Gasteiger charge is -2.16. The van der Waals surface area contributed by atoms with Crippen molar-refractivity contribution in [2.75, 3.05) is 13.2 Å². The second-order valence-electron chi connectivity index (χ2n) is 4.87. The fourth-order valence-electron chi connectivity index (χ4n) is 2.08. The summed E-state index contributed by atoms with van der Waals surface area (Å²) in [5.41, 5.74) is 0.188. The third kappa shape index (κ3) is 4.52. The summed E-state index contributed by atoms with van der Waals surface area (Å²) in [5.74, 6) is -1.11. The average molecular weight is 315 g/mol. The Kier molecular flexibility index (Phi) is 6.32. The van der Waals surface area contributed by atoms with E-state index in [0.717, 1.165) is 6.42 Å². The quantitative estimate of drug-likeness (QED) is 0.672. The number of nitrogens with one attached hydrogen (secondary N) is 1. The van der Waals surface area contributed by atoms with Crippen molar-refractivity contribution in [1.82, 2.24) is 4.72 Å². The van der Waals surface area contributed by atoms with Crippen LogP contribution >= 0.6 is 0 Å². The molecule has 0 aromatic heterocycles. The van der Waals surface area contributed by atoms with Crippen molar-refractivity contribution in [3.05, 3.63) is 29.3 Å². The molecule has 0 heterocycles. The Labute approximate surface area is 124 Å². The van der Waals surface area contributed by atoms with Crippen LogP contribution in [0.2, 0.25) is 0 Å². The molecule has 6 nitrogen and oxygen atoms in total. The minimum Gasteiger partial charge on any atom is -0.478 e. The minimum absolute atomic E-state index is 0.00770. The fraction of sp³-hybridized carbons (Fsp3) is 0.500. The van der Waals surface area contributed by atoms with Crippen LogP contribution in [0, 0.1) is 12.8 Å². The first-order chi connectivity index (χ1) is 9.83. The number of hydrogen-bond acceptors (Lipinski definition) is 4. The molecule has 3 N–H and O–H groups in total. The molecule has 0 saturated heterocycles. The lowest BCUT2D eigenvalue weighted by molar-refractivity contribution is 0.0696. The summed E-state index contributed by atoms with van der Waals surface area (Å²) in [7, 11) is -3.77. The van der Waals surface area contributed by atoms with Crippen LogP contribution in [0.5, 0.6) is 0 Å². The Morgan fingerprint density at radius 1 is 1.38 bits per heavy atom. The van der Waals surface area contributed by atoms with Crippen molar-refractivity contribution < 1.29 is 23.4 Å². The summed E-state index contributed by atoms with van der Waals surface area (Å²) in [6, 6.07) is 4.17. The third-order valence-corrected chi connectivity index (χ3v) is 5.05. The van der Waals surface area contributed by atoms with Gasteiger partial charge in [0, 0.05) is 13.2 Å². The first-order valence-electron chi connectivity index (χ1n) is 6.76. The molecule has 0 fully saturated rings. The molecule has 0 amide bonds. The maximum atomic E-state index is 12.3. The molecule has 0 aliphatic carbocycles. The highest BCUT2D eigenvalue weighted by Gasteiger charge is 2.21. The number of aromatic carboxylic acids is 1. The monoisotopic (exact) mass is 315 g/mol. The molecular weight excluding hydrogens is 294 g/mol. The van der Waals surface area contributed by atoms with Gasteiger partial charge in [-0.25, -0.2) is 17.9 Å². The molecule has 1 unspecified atom stereocenters. The van der Waals surface area contributed by atoms with E-state index in [1.165, 1.54) is 25.1 Å². The summed E-state index contributed by atoms with van der Waals surface area (Å²) in [6.45, 7) is 3.62. The first kappa shape index (κ1) is 17.6. The summed E-state index contributed by atoms with van der Waals surface area (Å²) >= 11 is 0. The summed E-state index contributed by atoms with van der Waals surface area (Å²) in [5, 5.41) is 18.0. The van der Waals surface area contributed by atoms with Crippen molar-refractivity contribution in [3.63, 3.8) is 0 Å². The van der Waals surface area contributed by atoms with Gasteiger partial charge in [0.1, 0.15) is 0 Å². The van der Waals surface area contributed by atoms with E-state index in [1.54, 1.807) is 0 Å². The Hall–Kier alpha value is -1.44. The normalized spacial score (nSPS) is 13.1. The van der Waals surface area contributed by atoms with Crippen molar-refractivity contribution in [3.8, 4) is 0 Å². The van der Waals surface area contributed by atoms with Gasteiger partial charge in [-0.3, -0.25) is 0 Å². The van der Waals surface area contributed by atoms with E-state index >= 15 is 0 Å². The first-order valence-corrected chi connectivity index (χ1v) is 8.25. The maximum Gasteiger partial charge on any atom is 0.335 e. The van der Waals surface area contributed by atoms with E-state index in [1.807, 2.05) is 6.92 Å². The number of benzene rings is 1. The van der Waals surface area contributed by atoms with E-state index in [4.69, 9.17) is 10.2 Å². The second-order valence-corrected chi connectivity index (χ2v) is 6.61. The van der Waals surface area contributed by atoms with Gasteiger partial charge in [0.05, 0.1) is 10.5 Å². The van der Waals surface area contributed by atoms with E-state index < -0.39 is 16.0 Å². The summed E-state index contributed by atoms with van der Waals surface area (Å²) in [4.78, 5) is 11.0. The molecule has 118 valence electrons. The molecule has 1 rings (SSSR count). The molecule has 0 radical (unpaired) electrons. The molecule has 0 saturated carbocycles. The number of sulfonamides is 1. The van der Waals surface area contributed by atoms with Crippen molar-refractivity contribution in [1.29, 1.82) is 0 Å². The maximum absolute atomic E-state index is 12.3. The van der Waals surface area contributed by atoms with Crippen LogP contribution in [0.3, 0.4) is 0 Å². The van der Waals surface area contributed by atoms with E-state index in [2.05, 4.69) is 4.72 Å². The Bertz CT molecular complexity index is 597. The van der Waals surface area contributed by atoms with E-state index in [0.29, 0.717) is 6.42 Å². The summed E-state index contributed by atoms with van der Waals surface area (Å²) in [6.07, 6.45) is 1.27. The molecule has 1 aromatic rings. The number of hydrogen-bond donors (Lipinski definition) is 3.